The van der Waals surface area contributed by atoms with E-state index in [9.17, 15) is 18.0 Å². The van der Waals surface area contributed by atoms with E-state index in [1.54, 1.807) is 17.0 Å². The summed E-state index contributed by atoms with van der Waals surface area (Å²) in [4.78, 5) is 26.4. The monoisotopic (exact) mass is 493 g/mol. The van der Waals surface area contributed by atoms with E-state index in [1.807, 2.05) is 0 Å². The molecule has 12 heteroatoms. The molecule has 176 valence electrons. The number of carbonyl (C=O) groups is 1. The van der Waals surface area contributed by atoms with Crippen LogP contribution in [0.4, 0.5) is 5.69 Å². The average molecular weight is 494 g/mol. The van der Waals surface area contributed by atoms with E-state index in [0.717, 1.165) is 11.3 Å². The first-order valence-corrected chi connectivity index (χ1v) is 12.4. The zero-order valence-corrected chi connectivity index (χ0v) is 19.7. The number of nitrogens with one attached hydrogen (secondary N) is 1. The van der Waals surface area contributed by atoms with E-state index < -0.39 is 10.0 Å². The highest BCUT2D eigenvalue weighted by Gasteiger charge is 2.21. The Kier molecular flexibility index (Phi) is 6.58. The van der Waals surface area contributed by atoms with Crippen molar-refractivity contribution < 1.29 is 27.4 Å². The molecule has 1 aromatic heterocycles. The first-order valence-electron chi connectivity index (χ1n) is 10.1. The first-order chi connectivity index (χ1) is 15.8. The minimum Gasteiger partial charge on any atom is -0.497 e. The van der Waals surface area contributed by atoms with Crippen molar-refractivity contribution in [2.75, 3.05) is 45.2 Å². The van der Waals surface area contributed by atoms with Crippen LogP contribution >= 0.6 is 11.3 Å². The predicted octanol–water partition coefficient (Wildman–Crippen LogP) is 1.74. The highest BCUT2D eigenvalue weighted by molar-refractivity contribution is 7.92. The molecule has 0 unspecified atom stereocenters. The topological polar surface area (TPSA) is 116 Å². The quantitative estimate of drug-likeness (QED) is 0.533. The number of amides is 1. The molecule has 33 heavy (non-hydrogen) atoms. The Hall–Kier alpha value is -3.09. The molecule has 0 spiro atoms. The van der Waals surface area contributed by atoms with Crippen LogP contribution in [-0.4, -0.2) is 64.3 Å². The summed E-state index contributed by atoms with van der Waals surface area (Å²) in [6.45, 7) is 1.81. The van der Waals surface area contributed by atoms with Gasteiger partial charge in [0, 0.05) is 31.3 Å². The molecule has 0 atom stereocenters. The average Bonchev–Trinajstić information content (AvgIpc) is 3.13. The van der Waals surface area contributed by atoms with Gasteiger partial charge in [0.1, 0.15) is 18.0 Å². The van der Waals surface area contributed by atoms with Gasteiger partial charge < -0.3 is 19.1 Å². The molecule has 1 fully saturated rings. The summed E-state index contributed by atoms with van der Waals surface area (Å²) < 4.78 is 45.9. The number of sulfonamides is 1. The van der Waals surface area contributed by atoms with Gasteiger partial charge in [0.15, 0.2) is 0 Å². The normalized spacial score (nSPS) is 14.3. The molecule has 0 aliphatic carbocycles. The molecule has 2 heterocycles. The molecule has 0 radical (unpaired) electrons. The second kappa shape index (κ2) is 9.41. The van der Waals surface area contributed by atoms with Gasteiger partial charge >= 0.3 is 4.87 Å². The molecule has 1 aliphatic rings. The maximum Gasteiger partial charge on any atom is 0.308 e. The Balaban J connectivity index is 1.60. The van der Waals surface area contributed by atoms with Crippen LogP contribution < -0.4 is 19.1 Å². The Morgan fingerprint density at radius 1 is 1.09 bits per heavy atom. The van der Waals surface area contributed by atoms with Gasteiger partial charge in [0.05, 0.1) is 48.2 Å². The number of hydrogen-bond acceptors (Lipinski definition) is 8. The van der Waals surface area contributed by atoms with E-state index in [2.05, 4.69) is 4.72 Å². The van der Waals surface area contributed by atoms with Crippen molar-refractivity contribution in [1.29, 1.82) is 0 Å². The third kappa shape index (κ3) is 4.97. The zero-order chi connectivity index (χ0) is 23.6. The number of fused-ring (bicyclic) bond motifs is 1. The van der Waals surface area contributed by atoms with Crippen LogP contribution in [0.15, 0.2) is 46.1 Å². The molecule has 4 rings (SSSR count). The fourth-order valence-electron chi connectivity index (χ4n) is 3.49. The van der Waals surface area contributed by atoms with Crippen molar-refractivity contribution >= 4 is 43.2 Å². The fraction of sp³-hybridized carbons (Fsp3) is 0.333. The van der Waals surface area contributed by atoms with Crippen molar-refractivity contribution in [3.63, 3.8) is 0 Å². The standard InChI is InChI=1S/C21H23N3O7S2/c1-29-15-9-14(10-16(11-15)30-2)22-33(27,28)17-3-4-18-19(12-17)32-21(26)24(18)13-20(25)23-5-7-31-8-6-23/h3-4,9-12,22H,5-8,13H2,1-2H3. The number of carbonyl (C=O) groups excluding carboxylic acids is 1. The third-order valence-electron chi connectivity index (χ3n) is 5.21. The summed E-state index contributed by atoms with van der Waals surface area (Å²) in [6, 6.07) is 9.07. The largest absolute Gasteiger partial charge is 0.497 e. The van der Waals surface area contributed by atoms with Gasteiger partial charge in [-0.25, -0.2) is 8.42 Å². The summed E-state index contributed by atoms with van der Waals surface area (Å²) in [5.74, 6) is 0.691. The Morgan fingerprint density at radius 2 is 1.76 bits per heavy atom. The van der Waals surface area contributed by atoms with Gasteiger partial charge in [0.2, 0.25) is 5.91 Å². The number of thiazole rings is 1. The van der Waals surface area contributed by atoms with Gasteiger partial charge in [-0.2, -0.15) is 0 Å². The van der Waals surface area contributed by atoms with Gasteiger partial charge in [-0.3, -0.25) is 18.9 Å². The second-order valence-electron chi connectivity index (χ2n) is 7.28. The number of benzene rings is 2. The minimum atomic E-state index is -3.95. The van der Waals surface area contributed by atoms with Gasteiger partial charge in [0.25, 0.3) is 10.0 Å². The van der Waals surface area contributed by atoms with E-state index >= 15 is 0 Å². The van der Waals surface area contributed by atoms with Crippen molar-refractivity contribution in [3.8, 4) is 11.5 Å². The Labute approximate surface area is 194 Å². The lowest BCUT2D eigenvalue weighted by molar-refractivity contribution is -0.135. The molecule has 0 bridgehead atoms. The number of ether oxygens (including phenoxy) is 3. The molecule has 2 aromatic carbocycles. The third-order valence-corrected chi connectivity index (χ3v) is 7.53. The van der Waals surface area contributed by atoms with Crippen molar-refractivity contribution in [3.05, 3.63) is 46.1 Å². The summed E-state index contributed by atoms with van der Waals surface area (Å²) >= 11 is 0.896. The van der Waals surface area contributed by atoms with Crippen LogP contribution in [-0.2, 0) is 26.1 Å². The number of hydrogen-bond donors (Lipinski definition) is 1. The van der Waals surface area contributed by atoms with Crippen LogP contribution in [0.1, 0.15) is 0 Å². The smallest absolute Gasteiger partial charge is 0.308 e. The minimum absolute atomic E-state index is 0.00954. The summed E-state index contributed by atoms with van der Waals surface area (Å²) in [5.41, 5.74) is 0.779. The molecule has 1 saturated heterocycles. The maximum atomic E-state index is 13.0. The summed E-state index contributed by atoms with van der Waals surface area (Å²) in [6.07, 6.45) is 0. The van der Waals surface area contributed by atoms with Crippen LogP contribution in [0, 0.1) is 0 Å². The van der Waals surface area contributed by atoms with Crippen LogP contribution in [0.3, 0.4) is 0 Å². The number of anilines is 1. The van der Waals surface area contributed by atoms with E-state index in [0.29, 0.717) is 48.0 Å². The Bertz CT molecular complexity index is 1320. The Morgan fingerprint density at radius 3 is 2.39 bits per heavy atom. The van der Waals surface area contributed by atoms with Crippen molar-refractivity contribution in [2.24, 2.45) is 0 Å². The van der Waals surface area contributed by atoms with Crippen molar-refractivity contribution in [2.45, 2.75) is 11.4 Å². The highest BCUT2D eigenvalue weighted by atomic mass is 32.2. The first kappa shape index (κ1) is 23.1. The SMILES string of the molecule is COc1cc(NS(=O)(=O)c2ccc3c(c2)sc(=O)n3CC(=O)N2CCOCC2)cc(OC)c1. The molecule has 1 aliphatic heterocycles. The molecule has 1 N–H and O–H groups in total. The number of nitrogens with zero attached hydrogens (tertiary/aromatic N) is 2. The molecule has 0 saturated carbocycles. The van der Waals surface area contributed by atoms with E-state index in [4.69, 9.17) is 14.2 Å². The molecular weight excluding hydrogens is 470 g/mol. The second-order valence-corrected chi connectivity index (χ2v) is 9.96. The lowest BCUT2D eigenvalue weighted by Crippen LogP contribution is -2.43. The zero-order valence-electron chi connectivity index (χ0n) is 18.1. The molecule has 10 nitrogen and oxygen atoms in total. The number of aromatic nitrogens is 1. The predicted molar refractivity (Wildman–Crippen MR) is 124 cm³/mol. The van der Waals surface area contributed by atoms with Crippen LogP contribution in [0.2, 0.25) is 0 Å². The van der Waals surface area contributed by atoms with Crippen LogP contribution in [0.5, 0.6) is 11.5 Å². The lowest BCUT2D eigenvalue weighted by Gasteiger charge is -2.26. The van der Waals surface area contributed by atoms with Crippen LogP contribution in [0.25, 0.3) is 10.2 Å². The van der Waals surface area contributed by atoms with Gasteiger partial charge in [-0.05, 0) is 18.2 Å². The van der Waals surface area contributed by atoms with Gasteiger partial charge in [-0.15, -0.1) is 0 Å². The number of morpholine rings is 1. The van der Waals surface area contributed by atoms with E-state index in [1.165, 1.54) is 43.1 Å². The summed E-state index contributed by atoms with van der Waals surface area (Å²) in [7, 11) is -1.01. The molecular formula is C21H23N3O7S2. The van der Waals surface area contributed by atoms with Gasteiger partial charge in [-0.1, -0.05) is 11.3 Å². The lowest BCUT2D eigenvalue weighted by atomic mass is 10.3. The number of methoxy groups -OCH3 is 2. The molecule has 3 aromatic rings. The molecule has 1 amide bonds. The number of rotatable bonds is 7. The summed E-state index contributed by atoms with van der Waals surface area (Å²) in [5, 5.41) is 0. The highest BCUT2D eigenvalue weighted by Crippen LogP contribution is 2.28. The maximum absolute atomic E-state index is 13.0. The fourth-order valence-corrected chi connectivity index (χ4v) is 5.56. The van der Waals surface area contributed by atoms with Crippen molar-refractivity contribution in [1.82, 2.24) is 9.47 Å². The van der Waals surface area contributed by atoms with E-state index in [-0.39, 0.29) is 27.9 Å².